The molecule has 2 aromatic heterocycles. The van der Waals surface area contributed by atoms with Crippen LogP contribution in [0.3, 0.4) is 0 Å². The lowest BCUT2D eigenvalue weighted by Crippen LogP contribution is -2.39. The summed E-state index contributed by atoms with van der Waals surface area (Å²) in [5.41, 5.74) is 3.10. The first-order valence-electron chi connectivity index (χ1n) is 8.15. The maximum atomic E-state index is 12.4. The van der Waals surface area contributed by atoms with Gasteiger partial charge in [-0.05, 0) is 31.7 Å². The predicted octanol–water partition coefficient (Wildman–Crippen LogP) is 2.93. The molecule has 0 bridgehead atoms. The van der Waals surface area contributed by atoms with Crippen molar-refractivity contribution in [2.75, 3.05) is 12.4 Å². The Labute approximate surface area is 146 Å². The van der Waals surface area contributed by atoms with Crippen LogP contribution in [0.4, 0.5) is 5.82 Å². The Morgan fingerprint density at radius 2 is 1.96 bits per heavy atom. The smallest absolute Gasteiger partial charge is 0.242 e. The largest absolute Gasteiger partial charge is 0.309 e. The van der Waals surface area contributed by atoms with Gasteiger partial charge in [0.15, 0.2) is 0 Å². The molecule has 2 N–H and O–H groups in total. The van der Waals surface area contributed by atoms with Crippen LogP contribution in [0, 0.1) is 0 Å². The monoisotopic (exact) mass is 335 g/mol. The van der Waals surface area contributed by atoms with Gasteiger partial charge >= 0.3 is 0 Å². The van der Waals surface area contributed by atoms with Crippen LogP contribution in [0.2, 0.25) is 0 Å². The van der Waals surface area contributed by atoms with Crippen LogP contribution in [0.1, 0.15) is 12.5 Å². The van der Waals surface area contributed by atoms with E-state index in [4.69, 9.17) is 0 Å². The van der Waals surface area contributed by atoms with Gasteiger partial charge in [-0.1, -0.05) is 36.4 Å². The second-order valence-corrected chi connectivity index (χ2v) is 5.93. The standard InChI is InChI=1S/C19H21N5O/c1-14(19(25)22-17-10-6-7-11-20-17)24(2)13-16-12-21-23-18(16)15-8-4-3-5-9-15/h3-12,14H,13H2,1-2H3,(H,21,23)(H,20,22,25)/t14-/m1/s1. The van der Waals surface area contributed by atoms with Gasteiger partial charge in [-0.25, -0.2) is 4.98 Å². The number of nitrogens with one attached hydrogen (secondary N) is 2. The minimum Gasteiger partial charge on any atom is -0.309 e. The van der Waals surface area contributed by atoms with E-state index < -0.39 is 0 Å². The molecule has 1 aromatic carbocycles. The molecule has 0 aliphatic rings. The van der Waals surface area contributed by atoms with E-state index in [2.05, 4.69) is 20.5 Å². The summed E-state index contributed by atoms with van der Waals surface area (Å²) in [5.74, 6) is 0.465. The first kappa shape index (κ1) is 16.9. The molecule has 0 aliphatic heterocycles. The Hall–Kier alpha value is -2.99. The molecule has 25 heavy (non-hydrogen) atoms. The average molecular weight is 335 g/mol. The van der Waals surface area contributed by atoms with E-state index in [9.17, 15) is 4.79 Å². The summed E-state index contributed by atoms with van der Waals surface area (Å²) >= 11 is 0. The Kier molecular flexibility index (Phi) is 5.20. The summed E-state index contributed by atoms with van der Waals surface area (Å²) in [5, 5.41) is 10.0. The molecule has 0 spiro atoms. The first-order chi connectivity index (χ1) is 12.1. The zero-order valence-corrected chi connectivity index (χ0v) is 14.3. The SMILES string of the molecule is C[C@H](C(=O)Nc1ccccn1)N(C)Cc1cn[nH]c1-c1ccccc1. The Morgan fingerprint density at radius 1 is 1.20 bits per heavy atom. The fraction of sp³-hybridized carbons (Fsp3) is 0.211. The van der Waals surface area contributed by atoms with Crippen molar-refractivity contribution in [2.45, 2.75) is 19.5 Å². The normalized spacial score (nSPS) is 12.1. The van der Waals surface area contributed by atoms with Gasteiger partial charge in [0, 0.05) is 18.3 Å². The molecule has 6 heteroatoms. The number of hydrogen-bond acceptors (Lipinski definition) is 4. The average Bonchev–Trinajstić information content (AvgIpc) is 3.10. The van der Waals surface area contributed by atoms with E-state index in [0.717, 1.165) is 16.8 Å². The second-order valence-electron chi connectivity index (χ2n) is 5.93. The number of anilines is 1. The van der Waals surface area contributed by atoms with Gasteiger partial charge in [-0.15, -0.1) is 0 Å². The van der Waals surface area contributed by atoms with Crippen LogP contribution in [0.15, 0.2) is 60.9 Å². The zero-order valence-electron chi connectivity index (χ0n) is 14.3. The number of benzene rings is 1. The van der Waals surface area contributed by atoms with Gasteiger partial charge in [0.1, 0.15) is 5.82 Å². The fourth-order valence-electron chi connectivity index (χ4n) is 2.56. The van der Waals surface area contributed by atoms with Crippen molar-refractivity contribution in [1.29, 1.82) is 0 Å². The number of nitrogens with zero attached hydrogens (tertiary/aromatic N) is 3. The molecule has 3 aromatic rings. The van der Waals surface area contributed by atoms with E-state index in [1.807, 2.05) is 67.5 Å². The van der Waals surface area contributed by atoms with Crippen LogP contribution in [0.5, 0.6) is 0 Å². The van der Waals surface area contributed by atoms with Gasteiger partial charge in [0.05, 0.1) is 17.9 Å². The minimum atomic E-state index is -0.305. The molecule has 1 amide bonds. The van der Waals surface area contributed by atoms with Crippen molar-refractivity contribution < 1.29 is 4.79 Å². The molecule has 6 nitrogen and oxygen atoms in total. The molecule has 1 atom stereocenters. The van der Waals surface area contributed by atoms with E-state index in [0.29, 0.717) is 12.4 Å². The molecule has 3 rings (SSSR count). The van der Waals surface area contributed by atoms with Crippen molar-refractivity contribution in [2.24, 2.45) is 0 Å². The number of pyridine rings is 1. The number of hydrogen-bond donors (Lipinski definition) is 2. The zero-order chi connectivity index (χ0) is 17.6. The lowest BCUT2D eigenvalue weighted by molar-refractivity contribution is -0.120. The highest BCUT2D eigenvalue weighted by Gasteiger charge is 2.20. The van der Waals surface area contributed by atoms with Gasteiger partial charge < -0.3 is 5.32 Å². The molecule has 0 aliphatic carbocycles. The highest BCUT2D eigenvalue weighted by atomic mass is 16.2. The molecule has 128 valence electrons. The fourth-order valence-corrected chi connectivity index (χ4v) is 2.56. The van der Waals surface area contributed by atoms with E-state index in [1.54, 1.807) is 12.3 Å². The molecular formula is C19H21N5O. The highest BCUT2D eigenvalue weighted by Crippen LogP contribution is 2.22. The van der Waals surface area contributed by atoms with Crippen molar-refractivity contribution in [1.82, 2.24) is 20.1 Å². The van der Waals surface area contributed by atoms with Gasteiger partial charge in [-0.2, -0.15) is 5.10 Å². The predicted molar refractivity (Wildman–Crippen MR) is 97.8 cm³/mol. The lowest BCUT2D eigenvalue weighted by atomic mass is 10.1. The summed E-state index contributed by atoms with van der Waals surface area (Å²) in [6.45, 7) is 2.48. The molecule has 0 fully saturated rings. The first-order valence-corrected chi connectivity index (χ1v) is 8.15. The Morgan fingerprint density at radius 3 is 2.68 bits per heavy atom. The van der Waals surface area contributed by atoms with Crippen molar-refractivity contribution in [3.8, 4) is 11.3 Å². The number of aromatic amines is 1. The third kappa shape index (κ3) is 4.10. The van der Waals surface area contributed by atoms with Crippen molar-refractivity contribution in [3.63, 3.8) is 0 Å². The molecule has 0 radical (unpaired) electrons. The maximum Gasteiger partial charge on any atom is 0.242 e. The summed E-state index contributed by atoms with van der Waals surface area (Å²) in [4.78, 5) is 18.5. The Bertz CT molecular complexity index is 816. The second kappa shape index (κ2) is 7.72. The van der Waals surface area contributed by atoms with Gasteiger partial charge in [-0.3, -0.25) is 14.8 Å². The number of H-pyrrole nitrogens is 1. The molecular weight excluding hydrogens is 314 g/mol. The third-order valence-corrected chi connectivity index (χ3v) is 4.16. The van der Waals surface area contributed by atoms with Crippen LogP contribution in [-0.4, -0.2) is 39.1 Å². The summed E-state index contributed by atoms with van der Waals surface area (Å²) in [6, 6.07) is 15.2. The Balaban J connectivity index is 1.67. The van der Waals surface area contributed by atoms with Crippen molar-refractivity contribution >= 4 is 11.7 Å². The van der Waals surface area contributed by atoms with Crippen LogP contribution < -0.4 is 5.32 Å². The minimum absolute atomic E-state index is 0.0917. The quantitative estimate of drug-likeness (QED) is 0.726. The molecule has 2 heterocycles. The number of amides is 1. The number of rotatable bonds is 6. The molecule has 0 saturated carbocycles. The van der Waals surface area contributed by atoms with Crippen LogP contribution in [0.25, 0.3) is 11.3 Å². The molecule has 0 unspecified atom stereocenters. The van der Waals surface area contributed by atoms with E-state index in [1.165, 1.54) is 0 Å². The van der Waals surface area contributed by atoms with Gasteiger partial charge in [0.2, 0.25) is 5.91 Å². The lowest BCUT2D eigenvalue weighted by Gasteiger charge is -2.23. The van der Waals surface area contributed by atoms with Crippen LogP contribution >= 0.6 is 0 Å². The maximum absolute atomic E-state index is 12.4. The highest BCUT2D eigenvalue weighted by molar-refractivity contribution is 5.93. The van der Waals surface area contributed by atoms with Crippen LogP contribution in [-0.2, 0) is 11.3 Å². The van der Waals surface area contributed by atoms with E-state index >= 15 is 0 Å². The molecule has 0 saturated heterocycles. The topological polar surface area (TPSA) is 73.9 Å². The number of carbonyl (C=O) groups excluding carboxylic acids is 1. The third-order valence-electron chi connectivity index (χ3n) is 4.16. The summed E-state index contributed by atoms with van der Waals surface area (Å²) in [7, 11) is 1.92. The summed E-state index contributed by atoms with van der Waals surface area (Å²) < 4.78 is 0. The van der Waals surface area contributed by atoms with Gasteiger partial charge in [0.25, 0.3) is 0 Å². The van der Waals surface area contributed by atoms with E-state index in [-0.39, 0.29) is 11.9 Å². The summed E-state index contributed by atoms with van der Waals surface area (Å²) in [6.07, 6.45) is 3.46. The number of aromatic nitrogens is 3. The number of likely N-dealkylation sites (N-methyl/N-ethyl adjacent to an activating group) is 1. The number of carbonyl (C=O) groups is 1. The van der Waals surface area contributed by atoms with Crippen molar-refractivity contribution in [3.05, 3.63) is 66.5 Å².